The van der Waals surface area contributed by atoms with Crippen molar-refractivity contribution in [1.82, 2.24) is 0 Å². The molecule has 0 amide bonds. The molecule has 0 unspecified atom stereocenters. The number of hydrogen-bond donors (Lipinski definition) is 0. The molecule has 1 aromatic rings. The van der Waals surface area contributed by atoms with Gasteiger partial charge in [0.25, 0.3) is 0 Å². The quantitative estimate of drug-likeness (QED) is 0.754. The van der Waals surface area contributed by atoms with Gasteiger partial charge in [-0.2, -0.15) is 4.39 Å². The van der Waals surface area contributed by atoms with Crippen LogP contribution in [0.5, 0.6) is 11.5 Å². The molecule has 1 rings (SSSR count). The van der Waals surface area contributed by atoms with E-state index in [0.717, 1.165) is 6.07 Å². The molecule has 0 heterocycles. The van der Waals surface area contributed by atoms with Gasteiger partial charge in [0, 0.05) is 0 Å². The lowest BCUT2D eigenvalue weighted by atomic mass is 10.3. The fourth-order valence-corrected chi connectivity index (χ4v) is 1.47. The van der Waals surface area contributed by atoms with E-state index in [1.807, 2.05) is 0 Å². The molecule has 0 saturated carbocycles. The van der Waals surface area contributed by atoms with E-state index < -0.39 is 11.6 Å². The van der Waals surface area contributed by atoms with Crippen molar-refractivity contribution in [2.24, 2.45) is 0 Å². The molecule has 0 aromatic heterocycles. The highest BCUT2D eigenvalue weighted by Crippen LogP contribution is 2.38. The molecule has 0 radical (unpaired) electrons. The summed E-state index contributed by atoms with van der Waals surface area (Å²) < 4.78 is 35.6. The highest BCUT2D eigenvalue weighted by Gasteiger charge is 2.18. The van der Waals surface area contributed by atoms with Gasteiger partial charge in [0.1, 0.15) is 0 Å². The Labute approximate surface area is 82.6 Å². The van der Waals surface area contributed by atoms with Crippen LogP contribution in [-0.2, 0) is 0 Å². The Kier molecular flexibility index (Phi) is 3.08. The van der Waals surface area contributed by atoms with Crippen molar-refractivity contribution in [2.45, 2.75) is 0 Å². The van der Waals surface area contributed by atoms with Crippen LogP contribution >= 0.6 is 15.9 Å². The van der Waals surface area contributed by atoms with Crippen molar-refractivity contribution in [3.05, 3.63) is 22.2 Å². The summed E-state index contributed by atoms with van der Waals surface area (Å²) in [5.41, 5.74) is 0. The lowest BCUT2D eigenvalue weighted by Crippen LogP contribution is -1.97. The van der Waals surface area contributed by atoms with Gasteiger partial charge in [-0.15, -0.1) is 0 Å². The summed E-state index contributed by atoms with van der Waals surface area (Å²) in [5.74, 6) is -2.14. The molecule has 0 spiro atoms. The summed E-state index contributed by atoms with van der Waals surface area (Å²) in [6, 6.07) is 0.983. The molecular formula is C8H7BrF2O2. The van der Waals surface area contributed by atoms with Crippen molar-refractivity contribution in [2.75, 3.05) is 14.2 Å². The third-order valence-corrected chi connectivity index (χ3v) is 2.08. The molecule has 0 aliphatic rings. The van der Waals surface area contributed by atoms with Crippen LogP contribution in [0.25, 0.3) is 0 Å². The first-order valence-corrected chi connectivity index (χ1v) is 4.16. The molecule has 1 aromatic carbocycles. The minimum Gasteiger partial charge on any atom is -0.492 e. The number of benzene rings is 1. The third-order valence-electron chi connectivity index (χ3n) is 1.49. The van der Waals surface area contributed by atoms with E-state index in [0.29, 0.717) is 4.47 Å². The zero-order chi connectivity index (χ0) is 10.0. The van der Waals surface area contributed by atoms with E-state index in [1.165, 1.54) is 14.2 Å². The van der Waals surface area contributed by atoms with Crippen LogP contribution in [0.4, 0.5) is 8.78 Å². The summed E-state index contributed by atoms with van der Waals surface area (Å²) in [4.78, 5) is 0. The van der Waals surface area contributed by atoms with Crippen molar-refractivity contribution >= 4 is 15.9 Å². The second-order valence-electron chi connectivity index (χ2n) is 2.22. The van der Waals surface area contributed by atoms with Crippen molar-refractivity contribution in [3.63, 3.8) is 0 Å². The third kappa shape index (κ3) is 1.75. The van der Waals surface area contributed by atoms with Gasteiger partial charge in [0.05, 0.1) is 18.7 Å². The maximum Gasteiger partial charge on any atom is 0.204 e. The van der Waals surface area contributed by atoms with Crippen LogP contribution in [0.2, 0.25) is 0 Å². The largest absolute Gasteiger partial charge is 0.492 e. The maximum atomic E-state index is 13.0. The summed E-state index contributed by atoms with van der Waals surface area (Å²) in [6.45, 7) is 0. The Balaban J connectivity index is 3.41. The summed E-state index contributed by atoms with van der Waals surface area (Å²) >= 11 is 3.02. The average molecular weight is 253 g/mol. The Bertz CT molecular complexity index is 328. The number of methoxy groups -OCH3 is 2. The topological polar surface area (TPSA) is 18.5 Å². The molecule has 13 heavy (non-hydrogen) atoms. The predicted molar refractivity (Wildman–Crippen MR) is 47.2 cm³/mol. The Hall–Kier alpha value is -0.840. The van der Waals surface area contributed by atoms with Gasteiger partial charge < -0.3 is 9.47 Å². The Morgan fingerprint density at radius 3 is 2.15 bits per heavy atom. The van der Waals surface area contributed by atoms with Crippen molar-refractivity contribution in [1.29, 1.82) is 0 Å². The van der Waals surface area contributed by atoms with E-state index in [1.54, 1.807) is 0 Å². The molecule has 5 heteroatoms. The molecule has 0 aliphatic carbocycles. The van der Waals surface area contributed by atoms with Crippen LogP contribution in [-0.4, -0.2) is 14.2 Å². The van der Waals surface area contributed by atoms with Crippen LogP contribution in [0.1, 0.15) is 0 Å². The summed E-state index contributed by atoms with van der Waals surface area (Å²) in [5, 5.41) is 0. The zero-order valence-corrected chi connectivity index (χ0v) is 8.61. The first kappa shape index (κ1) is 10.2. The van der Waals surface area contributed by atoms with Gasteiger partial charge in [-0.1, -0.05) is 0 Å². The predicted octanol–water partition coefficient (Wildman–Crippen LogP) is 2.74. The van der Waals surface area contributed by atoms with Crippen LogP contribution in [0.15, 0.2) is 10.5 Å². The van der Waals surface area contributed by atoms with Gasteiger partial charge in [-0.3, -0.25) is 0 Å². The number of ether oxygens (including phenoxy) is 2. The van der Waals surface area contributed by atoms with Gasteiger partial charge >= 0.3 is 0 Å². The average Bonchev–Trinajstić information content (AvgIpc) is 2.10. The molecule has 0 aliphatic heterocycles. The smallest absolute Gasteiger partial charge is 0.204 e. The minimum absolute atomic E-state index is 0.140. The second-order valence-corrected chi connectivity index (χ2v) is 3.08. The number of hydrogen-bond acceptors (Lipinski definition) is 2. The fourth-order valence-electron chi connectivity index (χ4n) is 0.929. The molecule has 0 bridgehead atoms. The minimum atomic E-state index is -1.05. The second kappa shape index (κ2) is 3.91. The van der Waals surface area contributed by atoms with Crippen molar-refractivity contribution < 1.29 is 18.3 Å². The fraction of sp³-hybridized carbons (Fsp3) is 0.250. The van der Waals surface area contributed by atoms with E-state index in [9.17, 15) is 8.78 Å². The van der Waals surface area contributed by atoms with Crippen LogP contribution in [0.3, 0.4) is 0 Å². The van der Waals surface area contributed by atoms with E-state index in [2.05, 4.69) is 20.7 Å². The van der Waals surface area contributed by atoms with Gasteiger partial charge in [0.15, 0.2) is 11.6 Å². The molecule has 2 nitrogen and oxygen atoms in total. The van der Waals surface area contributed by atoms with Crippen molar-refractivity contribution in [3.8, 4) is 11.5 Å². The standard InChI is InChI=1S/C8H7BrF2O2/c1-12-7-4(9)3-5(10)6(11)8(7)13-2/h3H,1-2H3. The normalized spacial score (nSPS) is 9.92. The van der Waals surface area contributed by atoms with Crippen LogP contribution < -0.4 is 9.47 Å². The van der Waals surface area contributed by atoms with Gasteiger partial charge in [0.2, 0.25) is 11.6 Å². The van der Waals surface area contributed by atoms with E-state index >= 15 is 0 Å². The Morgan fingerprint density at radius 1 is 1.15 bits per heavy atom. The molecular weight excluding hydrogens is 246 g/mol. The summed E-state index contributed by atoms with van der Waals surface area (Å²) in [7, 11) is 2.59. The molecule has 0 saturated heterocycles. The van der Waals surface area contributed by atoms with Crippen LogP contribution in [0, 0.1) is 11.6 Å². The van der Waals surface area contributed by atoms with E-state index in [4.69, 9.17) is 4.74 Å². The lowest BCUT2D eigenvalue weighted by Gasteiger charge is -2.10. The SMILES string of the molecule is COc1c(Br)cc(F)c(F)c1OC. The lowest BCUT2D eigenvalue weighted by molar-refractivity contribution is 0.326. The van der Waals surface area contributed by atoms with Gasteiger partial charge in [-0.25, -0.2) is 4.39 Å². The number of rotatable bonds is 2. The van der Waals surface area contributed by atoms with E-state index in [-0.39, 0.29) is 11.5 Å². The first-order valence-electron chi connectivity index (χ1n) is 3.37. The summed E-state index contributed by atoms with van der Waals surface area (Å²) in [6.07, 6.45) is 0. The highest BCUT2D eigenvalue weighted by molar-refractivity contribution is 9.10. The molecule has 0 fully saturated rings. The Morgan fingerprint density at radius 2 is 1.69 bits per heavy atom. The number of halogens is 3. The molecule has 0 atom stereocenters. The molecule has 0 N–H and O–H groups in total. The zero-order valence-electron chi connectivity index (χ0n) is 7.03. The van der Waals surface area contributed by atoms with Gasteiger partial charge in [-0.05, 0) is 22.0 Å². The molecule has 72 valence electrons. The highest BCUT2D eigenvalue weighted by atomic mass is 79.9. The monoisotopic (exact) mass is 252 g/mol. The maximum absolute atomic E-state index is 13.0. The first-order chi connectivity index (χ1) is 6.11.